The summed E-state index contributed by atoms with van der Waals surface area (Å²) in [4.78, 5) is 4.60. The predicted molar refractivity (Wildman–Crippen MR) is 96.9 cm³/mol. The smallest absolute Gasteiger partial charge is 0.223 e. The van der Waals surface area contributed by atoms with Crippen LogP contribution < -0.4 is 15.8 Å². The highest BCUT2D eigenvalue weighted by Gasteiger charge is 2.44. The average Bonchev–Trinajstić information content (AvgIpc) is 3.06. The van der Waals surface area contributed by atoms with Gasteiger partial charge in [0.15, 0.2) is 0 Å². The van der Waals surface area contributed by atoms with E-state index in [1.807, 2.05) is 12.3 Å². The largest absolute Gasteiger partial charge is 0.508 e. The van der Waals surface area contributed by atoms with Gasteiger partial charge in [-0.2, -0.15) is 0 Å². The average molecular weight is 349 g/mol. The number of nitrogens with one attached hydrogen (secondary N) is 1. The molecule has 6 heteroatoms. The molecule has 1 aromatic heterocycles. The van der Waals surface area contributed by atoms with E-state index in [9.17, 15) is 5.11 Å². The molecule has 1 atom stereocenters. The Morgan fingerprint density at radius 2 is 2.15 bits per heavy atom. The minimum Gasteiger partial charge on any atom is -0.508 e. The molecule has 0 unspecified atom stereocenters. The number of phenols is 1. The molecule has 26 heavy (non-hydrogen) atoms. The van der Waals surface area contributed by atoms with E-state index in [1.165, 1.54) is 5.57 Å². The number of phenolic OH excluding ortho intramolecular Hbond substituents is 1. The number of benzene rings is 1. The topological polar surface area (TPSA) is 89.6 Å². The maximum absolute atomic E-state index is 10.0. The van der Waals surface area contributed by atoms with Gasteiger partial charge in [0.25, 0.3) is 0 Å². The summed E-state index contributed by atoms with van der Waals surface area (Å²) in [6.45, 7) is 1.94. The summed E-state index contributed by atoms with van der Waals surface area (Å²) in [5, 5.41) is 13.3. The zero-order valence-corrected chi connectivity index (χ0v) is 14.2. The molecule has 4 N–H and O–H groups in total. The van der Waals surface area contributed by atoms with Gasteiger partial charge < -0.3 is 25.6 Å². The van der Waals surface area contributed by atoms with E-state index in [4.69, 9.17) is 15.2 Å². The number of aromatic nitrogens is 1. The Balaban J connectivity index is 1.72. The zero-order chi connectivity index (χ0) is 17.7. The fourth-order valence-corrected chi connectivity index (χ4v) is 3.98. The first-order valence-corrected chi connectivity index (χ1v) is 8.67. The molecule has 132 valence electrons. The van der Waals surface area contributed by atoms with Crippen LogP contribution in [-0.4, -0.2) is 29.8 Å². The third-order valence-corrected chi connectivity index (χ3v) is 5.29. The van der Waals surface area contributed by atoms with Gasteiger partial charge in [0.2, 0.25) is 5.88 Å². The number of aromatic hydroxyl groups is 1. The number of hydrogen-bond donors (Lipinski definition) is 3. The predicted octanol–water partition coefficient (Wildman–Crippen LogP) is 2.39. The molecule has 2 aromatic rings. The van der Waals surface area contributed by atoms with Crippen molar-refractivity contribution in [3.05, 3.63) is 65.1 Å². The number of fused-ring (bicyclic) bond motifs is 4. The Morgan fingerprint density at radius 1 is 1.23 bits per heavy atom. The van der Waals surface area contributed by atoms with Gasteiger partial charge in [-0.3, -0.25) is 0 Å². The van der Waals surface area contributed by atoms with Crippen LogP contribution in [0.15, 0.2) is 48.4 Å². The fraction of sp³-hybridized carbons (Fsp3) is 0.250. The van der Waals surface area contributed by atoms with Crippen LogP contribution in [0.3, 0.4) is 0 Å². The summed E-state index contributed by atoms with van der Waals surface area (Å²) in [5.41, 5.74) is 9.69. The number of nitrogens with two attached hydrogens (primary N) is 1. The summed E-state index contributed by atoms with van der Waals surface area (Å²) in [7, 11) is 0. The Kier molecular flexibility index (Phi) is 3.24. The number of nitrogens with zero attached hydrogens (tertiary/aromatic N) is 1. The molecule has 6 nitrogen and oxygen atoms in total. The van der Waals surface area contributed by atoms with Gasteiger partial charge in [-0.05, 0) is 47.9 Å². The molecular formula is C20H19N3O3. The highest BCUT2D eigenvalue weighted by molar-refractivity contribution is 5.70. The van der Waals surface area contributed by atoms with Gasteiger partial charge in [-0.1, -0.05) is 6.08 Å². The maximum atomic E-state index is 10.0. The Morgan fingerprint density at radius 3 is 2.92 bits per heavy atom. The van der Waals surface area contributed by atoms with Crippen LogP contribution in [0.4, 0.5) is 0 Å². The minimum absolute atomic E-state index is 0.199. The van der Waals surface area contributed by atoms with Crippen molar-refractivity contribution in [2.75, 3.05) is 19.8 Å². The molecule has 3 aliphatic heterocycles. The summed E-state index contributed by atoms with van der Waals surface area (Å²) >= 11 is 0. The molecule has 1 aromatic carbocycles. The van der Waals surface area contributed by atoms with Crippen molar-refractivity contribution in [3.63, 3.8) is 0 Å². The van der Waals surface area contributed by atoms with Gasteiger partial charge in [-0.25, -0.2) is 4.98 Å². The Bertz CT molecular complexity index is 967. The molecule has 0 aliphatic carbocycles. The van der Waals surface area contributed by atoms with E-state index in [1.54, 1.807) is 18.2 Å². The van der Waals surface area contributed by atoms with E-state index in [0.717, 1.165) is 29.7 Å². The SMILES string of the molecule is NC1=C[C@]2(CN1)c1cc(O)ccc1Oc1ncc(C3=CCOCC3)cc12. The summed E-state index contributed by atoms with van der Waals surface area (Å²) in [6, 6.07) is 7.27. The van der Waals surface area contributed by atoms with Crippen LogP contribution in [0.1, 0.15) is 23.1 Å². The summed E-state index contributed by atoms with van der Waals surface area (Å²) in [5.74, 6) is 2.08. The fourth-order valence-electron chi connectivity index (χ4n) is 3.98. The number of pyridine rings is 1. The van der Waals surface area contributed by atoms with Crippen molar-refractivity contribution < 1.29 is 14.6 Å². The van der Waals surface area contributed by atoms with Crippen molar-refractivity contribution in [3.8, 4) is 17.4 Å². The lowest BCUT2D eigenvalue weighted by Crippen LogP contribution is -2.34. The van der Waals surface area contributed by atoms with E-state index in [2.05, 4.69) is 22.4 Å². The highest BCUT2D eigenvalue weighted by Crippen LogP contribution is 2.50. The van der Waals surface area contributed by atoms with Crippen molar-refractivity contribution in [2.24, 2.45) is 5.73 Å². The summed E-state index contributed by atoms with van der Waals surface area (Å²) < 4.78 is 11.4. The maximum Gasteiger partial charge on any atom is 0.223 e. The van der Waals surface area contributed by atoms with Gasteiger partial charge in [-0.15, -0.1) is 0 Å². The minimum atomic E-state index is -0.513. The molecule has 0 fully saturated rings. The number of hydrogen-bond acceptors (Lipinski definition) is 6. The van der Waals surface area contributed by atoms with Crippen LogP contribution in [0.25, 0.3) is 5.57 Å². The lowest BCUT2D eigenvalue weighted by molar-refractivity contribution is 0.161. The van der Waals surface area contributed by atoms with Gasteiger partial charge >= 0.3 is 0 Å². The highest BCUT2D eigenvalue weighted by atomic mass is 16.5. The zero-order valence-electron chi connectivity index (χ0n) is 14.2. The molecule has 3 aliphatic rings. The van der Waals surface area contributed by atoms with E-state index in [0.29, 0.717) is 30.6 Å². The van der Waals surface area contributed by atoms with E-state index >= 15 is 0 Å². The first-order valence-electron chi connectivity index (χ1n) is 8.67. The second-order valence-corrected chi connectivity index (χ2v) is 6.84. The third-order valence-electron chi connectivity index (χ3n) is 5.29. The third kappa shape index (κ3) is 2.19. The number of ether oxygens (including phenoxy) is 2. The second-order valence-electron chi connectivity index (χ2n) is 6.84. The van der Waals surface area contributed by atoms with E-state index in [-0.39, 0.29) is 5.75 Å². The molecular weight excluding hydrogens is 330 g/mol. The monoisotopic (exact) mass is 349 g/mol. The van der Waals surface area contributed by atoms with Gasteiger partial charge in [0, 0.05) is 23.9 Å². The van der Waals surface area contributed by atoms with Crippen molar-refractivity contribution in [2.45, 2.75) is 11.8 Å². The van der Waals surface area contributed by atoms with Crippen molar-refractivity contribution in [1.29, 1.82) is 0 Å². The van der Waals surface area contributed by atoms with Crippen molar-refractivity contribution in [1.82, 2.24) is 10.3 Å². The molecule has 0 bridgehead atoms. The number of rotatable bonds is 1. The van der Waals surface area contributed by atoms with Crippen LogP contribution in [0, 0.1) is 0 Å². The molecule has 5 rings (SSSR count). The first-order chi connectivity index (χ1) is 12.7. The standard InChI is InChI=1S/C20H19N3O3/c21-18-9-20(11-23-18)15-8-14(24)1-2-17(15)26-19-16(20)7-13(10-22-19)12-3-5-25-6-4-12/h1-3,7-10,23-24H,4-6,11,21H2/t20-/m0/s1. The molecule has 4 heterocycles. The Hall–Kier alpha value is -2.99. The lowest BCUT2D eigenvalue weighted by Gasteiger charge is -2.35. The van der Waals surface area contributed by atoms with Crippen LogP contribution in [-0.2, 0) is 10.2 Å². The Labute approximate surface area is 151 Å². The molecule has 0 amide bonds. The summed E-state index contributed by atoms with van der Waals surface area (Å²) in [6.07, 6.45) is 6.81. The molecule has 0 radical (unpaired) electrons. The first kappa shape index (κ1) is 15.3. The van der Waals surface area contributed by atoms with Crippen LogP contribution >= 0.6 is 0 Å². The van der Waals surface area contributed by atoms with Crippen LogP contribution in [0.2, 0.25) is 0 Å². The quantitative estimate of drug-likeness (QED) is 0.732. The van der Waals surface area contributed by atoms with Gasteiger partial charge in [0.05, 0.1) is 24.4 Å². The second kappa shape index (κ2) is 5.51. The van der Waals surface area contributed by atoms with E-state index < -0.39 is 5.41 Å². The van der Waals surface area contributed by atoms with Crippen molar-refractivity contribution >= 4 is 5.57 Å². The van der Waals surface area contributed by atoms with Gasteiger partial charge in [0.1, 0.15) is 11.5 Å². The van der Waals surface area contributed by atoms with Crippen LogP contribution in [0.5, 0.6) is 17.4 Å². The normalized spacial score (nSPS) is 23.4. The lowest BCUT2D eigenvalue weighted by atomic mass is 9.73. The molecule has 1 spiro atoms. The molecule has 0 saturated heterocycles. The molecule has 0 saturated carbocycles.